The molecule has 0 fully saturated rings. The van der Waals surface area contributed by atoms with Crippen molar-refractivity contribution in [3.8, 4) is 33.4 Å². The van der Waals surface area contributed by atoms with E-state index in [2.05, 4.69) is 217 Å². The van der Waals surface area contributed by atoms with Gasteiger partial charge < -0.3 is 4.90 Å². The van der Waals surface area contributed by atoms with Crippen molar-refractivity contribution < 1.29 is 0 Å². The molecule has 59 heavy (non-hydrogen) atoms. The summed E-state index contributed by atoms with van der Waals surface area (Å²) in [6.45, 7) is 0. The van der Waals surface area contributed by atoms with Gasteiger partial charge in [0.05, 0.1) is 5.69 Å². The van der Waals surface area contributed by atoms with E-state index in [4.69, 9.17) is 0 Å². The first-order valence-corrected chi connectivity index (χ1v) is 21.7. The highest BCUT2D eigenvalue weighted by molar-refractivity contribution is 7.26. The van der Waals surface area contributed by atoms with E-state index in [9.17, 15) is 0 Å². The lowest BCUT2D eigenvalue weighted by molar-refractivity contribution is 1.31. The summed E-state index contributed by atoms with van der Waals surface area (Å²) in [5.41, 5.74) is 10.8. The van der Waals surface area contributed by atoms with Crippen LogP contribution in [0.3, 0.4) is 0 Å². The lowest BCUT2D eigenvalue weighted by atomic mass is 9.97. The molecule has 0 aliphatic rings. The molecule has 1 nitrogen and oxygen atoms in total. The van der Waals surface area contributed by atoms with Gasteiger partial charge in [-0.15, -0.1) is 22.7 Å². The number of rotatable bonds is 6. The summed E-state index contributed by atoms with van der Waals surface area (Å²) < 4.78 is 5.17. The maximum absolute atomic E-state index is 2.48. The molecule has 0 amide bonds. The van der Waals surface area contributed by atoms with Crippen LogP contribution in [-0.4, -0.2) is 0 Å². The molecular formula is C56H35NS2. The predicted molar refractivity (Wildman–Crippen MR) is 258 cm³/mol. The van der Waals surface area contributed by atoms with Crippen LogP contribution in [0.15, 0.2) is 212 Å². The number of benzene rings is 10. The molecule has 12 aromatic rings. The van der Waals surface area contributed by atoms with Gasteiger partial charge in [0.15, 0.2) is 0 Å². The second-order valence-electron chi connectivity index (χ2n) is 15.3. The van der Waals surface area contributed by atoms with Crippen molar-refractivity contribution in [1.82, 2.24) is 0 Å². The lowest BCUT2D eigenvalue weighted by Gasteiger charge is -2.27. The van der Waals surface area contributed by atoms with E-state index in [0.717, 1.165) is 11.4 Å². The maximum atomic E-state index is 2.48. The van der Waals surface area contributed by atoms with E-state index in [0.29, 0.717) is 0 Å². The number of fused-ring (bicyclic) bond motifs is 9. The third-order valence-electron chi connectivity index (χ3n) is 11.9. The molecule has 2 heterocycles. The highest BCUT2D eigenvalue weighted by Gasteiger charge is 2.22. The molecule has 0 radical (unpaired) electrons. The van der Waals surface area contributed by atoms with Crippen molar-refractivity contribution in [3.63, 3.8) is 0 Å². The van der Waals surface area contributed by atoms with E-state index in [1.165, 1.54) is 101 Å². The SMILES string of the molecule is c1ccc(-c2ccc3c(c2)sc2c(-c4ccccc4)ccc(N(c4ccc(-c5ccc6c(ccc7ccccc76)c5)cc4)c4ccc5c(c4)sc4ccccc45)c23)cc1. The highest BCUT2D eigenvalue weighted by atomic mass is 32.1. The van der Waals surface area contributed by atoms with E-state index in [1.54, 1.807) is 0 Å². The van der Waals surface area contributed by atoms with Crippen LogP contribution in [0.4, 0.5) is 17.1 Å². The summed E-state index contributed by atoms with van der Waals surface area (Å²) in [6.07, 6.45) is 0. The topological polar surface area (TPSA) is 3.24 Å². The number of thiophene rings is 2. The quantitative estimate of drug-likeness (QED) is 0.152. The summed E-state index contributed by atoms with van der Waals surface area (Å²) in [6, 6.07) is 78.2. The van der Waals surface area contributed by atoms with Gasteiger partial charge >= 0.3 is 0 Å². The minimum Gasteiger partial charge on any atom is -0.310 e. The fourth-order valence-electron chi connectivity index (χ4n) is 8.98. The van der Waals surface area contributed by atoms with E-state index in [-0.39, 0.29) is 0 Å². The number of nitrogens with zero attached hydrogens (tertiary/aromatic N) is 1. The van der Waals surface area contributed by atoms with Crippen LogP contribution in [-0.2, 0) is 0 Å². The van der Waals surface area contributed by atoms with Crippen LogP contribution >= 0.6 is 22.7 Å². The number of anilines is 3. The Morgan fingerprint density at radius 1 is 0.305 bits per heavy atom. The van der Waals surface area contributed by atoms with E-state index >= 15 is 0 Å². The Labute approximate surface area is 350 Å². The number of hydrogen-bond acceptors (Lipinski definition) is 3. The summed E-state index contributed by atoms with van der Waals surface area (Å²) in [7, 11) is 0. The lowest BCUT2D eigenvalue weighted by Crippen LogP contribution is -2.10. The summed E-state index contributed by atoms with van der Waals surface area (Å²) >= 11 is 3.76. The van der Waals surface area contributed by atoms with Gasteiger partial charge in [0.1, 0.15) is 0 Å². The van der Waals surface area contributed by atoms with Crippen molar-refractivity contribution in [2.24, 2.45) is 0 Å². The summed E-state index contributed by atoms with van der Waals surface area (Å²) in [4.78, 5) is 2.48. The van der Waals surface area contributed by atoms with Crippen molar-refractivity contribution in [2.75, 3.05) is 4.90 Å². The molecule has 0 aliphatic heterocycles. The molecule has 0 N–H and O–H groups in total. The molecule has 0 bridgehead atoms. The van der Waals surface area contributed by atoms with Crippen molar-refractivity contribution in [3.05, 3.63) is 212 Å². The fraction of sp³-hybridized carbons (Fsp3) is 0. The predicted octanol–water partition coefficient (Wildman–Crippen LogP) is 17.2. The molecular weight excluding hydrogens is 751 g/mol. The summed E-state index contributed by atoms with van der Waals surface area (Å²) in [5.74, 6) is 0. The van der Waals surface area contributed by atoms with Crippen molar-refractivity contribution in [2.45, 2.75) is 0 Å². The average molecular weight is 786 g/mol. The van der Waals surface area contributed by atoms with Crippen molar-refractivity contribution >= 4 is 102 Å². The van der Waals surface area contributed by atoms with Gasteiger partial charge in [0.25, 0.3) is 0 Å². The second kappa shape index (κ2) is 13.8. The normalized spacial score (nSPS) is 11.7. The molecule has 2 aromatic heterocycles. The molecule has 12 rings (SSSR count). The van der Waals surface area contributed by atoms with Gasteiger partial charge in [0.2, 0.25) is 0 Å². The maximum Gasteiger partial charge on any atom is 0.0555 e. The van der Waals surface area contributed by atoms with E-state index in [1.807, 2.05) is 22.7 Å². The van der Waals surface area contributed by atoms with Crippen LogP contribution in [0.2, 0.25) is 0 Å². The zero-order valence-electron chi connectivity index (χ0n) is 32.0. The molecule has 0 saturated carbocycles. The minimum atomic E-state index is 1.12. The Morgan fingerprint density at radius 2 is 0.881 bits per heavy atom. The molecule has 0 atom stereocenters. The van der Waals surface area contributed by atoms with Crippen LogP contribution in [0, 0.1) is 0 Å². The first-order valence-electron chi connectivity index (χ1n) is 20.1. The van der Waals surface area contributed by atoms with Crippen LogP contribution in [0.5, 0.6) is 0 Å². The van der Waals surface area contributed by atoms with Gasteiger partial charge in [0, 0.05) is 51.7 Å². The third kappa shape index (κ3) is 5.73. The highest BCUT2D eigenvalue weighted by Crippen LogP contribution is 2.50. The average Bonchev–Trinajstić information content (AvgIpc) is 3.88. The second-order valence-corrected chi connectivity index (χ2v) is 17.4. The zero-order valence-corrected chi connectivity index (χ0v) is 33.6. The standard InChI is InChI=1S/C56H35NS2/c1-3-11-36(12-4-1)41-24-29-50-53(34-41)59-56-47(38-13-5-2-6-14-38)31-32-51(55(50)56)57(44-27-30-49-48-17-9-10-18-52(48)58-54(49)35-44)43-25-21-37(22-26-43)40-23-28-46-42(33-40)20-19-39-15-7-8-16-45(39)46/h1-35H. The molecule has 10 aromatic carbocycles. The molecule has 3 heteroatoms. The first kappa shape index (κ1) is 34.0. The Balaban J connectivity index is 1.06. The monoisotopic (exact) mass is 785 g/mol. The molecule has 0 aliphatic carbocycles. The van der Waals surface area contributed by atoms with E-state index < -0.39 is 0 Å². The zero-order chi connectivity index (χ0) is 38.9. The van der Waals surface area contributed by atoms with Gasteiger partial charge in [-0.25, -0.2) is 0 Å². The Morgan fingerprint density at radius 3 is 1.71 bits per heavy atom. The summed E-state index contributed by atoms with van der Waals surface area (Å²) in [5, 5.41) is 10.3. The van der Waals surface area contributed by atoms with Gasteiger partial charge in [-0.1, -0.05) is 164 Å². The van der Waals surface area contributed by atoms with Gasteiger partial charge in [-0.3, -0.25) is 0 Å². The Hall–Kier alpha value is -7.04. The van der Waals surface area contributed by atoms with Gasteiger partial charge in [-0.2, -0.15) is 0 Å². The molecule has 0 unspecified atom stereocenters. The Bertz CT molecular complexity index is 3540. The molecule has 0 spiro atoms. The van der Waals surface area contributed by atoms with Gasteiger partial charge in [-0.05, 0) is 103 Å². The van der Waals surface area contributed by atoms with Crippen LogP contribution in [0.25, 0.3) is 95.3 Å². The van der Waals surface area contributed by atoms with Crippen molar-refractivity contribution in [1.29, 1.82) is 0 Å². The fourth-order valence-corrected chi connectivity index (χ4v) is 11.4. The number of hydrogen-bond donors (Lipinski definition) is 0. The smallest absolute Gasteiger partial charge is 0.0555 e. The largest absolute Gasteiger partial charge is 0.310 e. The van der Waals surface area contributed by atoms with Crippen LogP contribution < -0.4 is 4.90 Å². The molecule has 0 saturated heterocycles. The first-order chi connectivity index (χ1) is 29.2. The Kier molecular flexibility index (Phi) is 7.97. The molecule has 276 valence electrons. The minimum absolute atomic E-state index is 1.12. The van der Waals surface area contributed by atoms with Crippen LogP contribution in [0.1, 0.15) is 0 Å². The third-order valence-corrected chi connectivity index (χ3v) is 14.2.